The number of hydrogen-bond donors (Lipinski definition) is 2. The van der Waals surface area contributed by atoms with Gasteiger partial charge in [-0.2, -0.15) is 0 Å². The van der Waals surface area contributed by atoms with Crippen LogP contribution in [0.1, 0.15) is 24.8 Å². The Morgan fingerprint density at radius 3 is 2.96 bits per heavy atom. The number of amides is 2. The van der Waals surface area contributed by atoms with E-state index in [0.29, 0.717) is 25.9 Å². The summed E-state index contributed by atoms with van der Waals surface area (Å²) in [6.07, 6.45) is 3.91. The van der Waals surface area contributed by atoms with Crippen LogP contribution in [0.5, 0.6) is 5.75 Å². The molecule has 1 aliphatic heterocycles. The van der Waals surface area contributed by atoms with Gasteiger partial charge in [-0.15, -0.1) is 0 Å². The lowest BCUT2D eigenvalue weighted by molar-refractivity contribution is -0.117. The zero-order valence-corrected chi connectivity index (χ0v) is 15.4. The minimum atomic E-state index is -0.0603. The molecule has 2 heterocycles. The van der Waals surface area contributed by atoms with Crippen LogP contribution in [0.3, 0.4) is 0 Å². The molecule has 0 bridgehead atoms. The topological polar surface area (TPSA) is 80.3 Å². The van der Waals surface area contributed by atoms with E-state index in [1.165, 1.54) is 0 Å². The van der Waals surface area contributed by atoms with Gasteiger partial charge in [-0.25, -0.2) is 0 Å². The van der Waals surface area contributed by atoms with Gasteiger partial charge in [0.1, 0.15) is 5.75 Å². The van der Waals surface area contributed by atoms with Crippen LogP contribution in [0.4, 0.5) is 11.4 Å². The highest BCUT2D eigenvalue weighted by atomic mass is 16.5. The number of para-hydroxylation sites is 1. The molecular formula is C22H21N3O3. The highest BCUT2D eigenvalue weighted by molar-refractivity contribution is 6.00. The van der Waals surface area contributed by atoms with Gasteiger partial charge in [0, 0.05) is 30.1 Å². The number of nitrogens with zero attached hydrogens (tertiary/aromatic N) is 1. The molecule has 0 fully saturated rings. The fraction of sp³-hybridized carbons (Fsp3) is 0.227. The first-order chi connectivity index (χ1) is 13.7. The van der Waals surface area contributed by atoms with Crippen molar-refractivity contribution in [3.05, 3.63) is 60.3 Å². The molecule has 0 unspecified atom stereocenters. The Labute approximate surface area is 162 Å². The number of rotatable bonds is 6. The Bertz CT molecular complexity index is 1030. The quantitative estimate of drug-likeness (QED) is 0.640. The van der Waals surface area contributed by atoms with Crippen molar-refractivity contribution in [2.75, 3.05) is 17.2 Å². The van der Waals surface area contributed by atoms with Crippen LogP contribution in [0.25, 0.3) is 10.9 Å². The lowest BCUT2D eigenvalue weighted by Gasteiger charge is -2.17. The first-order valence-corrected chi connectivity index (χ1v) is 9.38. The van der Waals surface area contributed by atoms with Gasteiger partial charge >= 0.3 is 0 Å². The number of carbonyl (C=O) groups is 2. The summed E-state index contributed by atoms with van der Waals surface area (Å²) in [6.45, 7) is 0.451. The summed E-state index contributed by atoms with van der Waals surface area (Å²) in [7, 11) is 0. The Hall–Kier alpha value is -3.41. The van der Waals surface area contributed by atoms with E-state index in [9.17, 15) is 9.59 Å². The third-order valence-corrected chi connectivity index (χ3v) is 4.70. The SMILES string of the molecule is O=C1CCc2cc(OCCCC(=O)Nc3cccc4cccnc34)ccc2N1. The first kappa shape index (κ1) is 18.0. The van der Waals surface area contributed by atoms with E-state index in [4.69, 9.17) is 4.74 Å². The third kappa shape index (κ3) is 4.11. The molecule has 0 aliphatic carbocycles. The van der Waals surface area contributed by atoms with Gasteiger partial charge in [-0.1, -0.05) is 18.2 Å². The summed E-state index contributed by atoms with van der Waals surface area (Å²) >= 11 is 0. The lowest BCUT2D eigenvalue weighted by atomic mass is 10.0. The molecule has 0 saturated carbocycles. The second-order valence-electron chi connectivity index (χ2n) is 6.75. The van der Waals surface area contributed by atoms with Crippen molar-refractivity contribution < 1.29 is 14.3 Å². The molecule has 0 radical (unpaired) electrons. The number of hydrogen-bond acceptors (Lipinski definition) is 4. The first-order valence-electron chi connectivity index (χ1n) is 9.38. The van der Waals surface area contributed by atoms with Crippen LogP contribution >= 0.6 is 0 Å². The standard InChI is InChI=1S/C22H21N3O3/c26-20(25-19-6-1-4-15-5-2-12-23-22(15)19)7-3-13-28-17-9-10-18-16(14-17)8-11-21(27)24-18/h1-2,4-6,9-10,12,14H,3,7-8,11,13H2,(H,24,27)(H,25,26). The van der Waals surface area contributed by atoms with E-state index in [1.54, 1.807) is 6.20 Å². The Morgan fingerprint density at radius 1 is 1.14 bits per heavy atom. The van der Waals surface area contributed by atoms with Gasteiger partial charge in [-0.3, -0.25) is 14.6 Å². The van der Waals surface area contributed by atoms with Crippen LogP contribution in [-0.4, -0.2) is 23.4 Å². The summed E-state index contributed by atoms with van der Waals surface area (Å²) in [5, 5.41) is 6.78. The van der Waals surface area contributed by atoms with Gasteiger partial charge in [0.05, 0.1) is 17.8 Å². The zero-order chi connectivity index (χ0) is 19.3. The smallest absolute Gasteiger partial charge is 0.224 e. The number of benzene rings is 2. The predicted octanol–water partition coefficient (Wildman–Crippen LogP) is 3.92. The van der Waals surface area contributed by atoms with Crippen LogP contribution < -0.4 is 15.4 Å². The van der Waals surface area contributed by atoms with Crippen molar-refractivity contribution in [3.63, 3.8) is 0 Å². The summed E-state index contributed by atoms with van der Waals surface area (Å²) in [4.78, 5) is 28.0. The summed E-state index contributed by atoms with van der Waals surface area (Å²) in [5.74, 6) is 0.747. The lowest BCUT2D eigenvalue weighted by Crippen LogP contribution is -2.18. The van der Waals surface area contributed by atoms with Crippen molar-refractivity contribution in [1.29, 1.82) is 0 Å². The molecule has 1 aliphatic rings. The molecule has 0 saturated heterocycles. The number of anilines is 2. The fourth-order valence-electron chi connectivity index (χ4n) is 3.29. The van der Waals surface area contributed by atoms with Crippen LogP contribution in [0.15, 0.2) is 54.7 Å². The number of nitrogens with one attached hydrogen (secondary N) is 2. The average Bonchev–Trinajstić information content (AvgIpc) is 2.71. The van der Waals surface area contributed by atoms with E-state index in [0.717, 1.165) is 40.0 Å². The molecule has 3 aromatic rings. The van der Waals surface area contributed by atoms with Crippen molar-refractivity contribution in [2.24, 2.45) is 0 Å². The Kier molecular flexibility index (Phi) is 5.19. The molecule has 6 nitrogen and oxygen atoms in total. The third-order valence-electron chi connectivity index (χ3n) is 4.70. The van der Waals surface area contributed by atoms with E-state index in [2.05, 4.69) is 15.6 Å². The van der Waals surface area contributed by atoms with E-state index in [-0.39, 0.29) is 11.8 Å². The van der Waals surface area contributed by atoms with Crippen molar-refractivity contribution in [2.45, 2.75) is 25.7 Å². The van der Waals surface area contributed by atoms with Crippen molar-refractivity contribution >= 4 is 34.1 Å². The molecule has 0 spiro atoms. The molecule has 0 atom stereocenters. The zero-order valence-electron chi connectivity index (χ0n) is 15.4. The van der Waals surface area contributed by atoms with Crippen molar-refractivity contribution in [3.8, 4) is 5.75 Å². The molecule has 1 aromatic heterocycles. The summed E-state index contributed by atoms with van der Waals surface area (Å²) in [5.41, 5.74) is 3.45. The largest absolute Gasteiger partial charge is 0.494 e. The highest BCUT2D eigenvalue weighted by Gasteiger charge is 2.15. The maximum absolute atomic E-state index is 12.3. The minimum Gasteiger partial charge on any atom is -0.494 e. The number of aromatic nitrogens is 1. The van der Waals surface area contributed by atoms with Crippen LogP contribution in [0.2, 0.25) is 0 Å². The van der Waals surface area contributed by atoms with Gasteiger partial charge in [0.2, 0.25) is 11.8 Å². The molecule has 28 heavy (non-hydrogen) atoms. The van der Waals surface area contributed by atoms with Gasteiger partial charge in [0.15, 0.2) is 0 Å². The van der Waals surface area contributed by atoms with E-state index >= 15 is 0 Å². The van der Waals surface area contributed by atoms with Crippen molar-refractivity contribution in [1.82, 2.24) is 4.98 Å². The molecule has 6 heteroatoms. The van der Waals surface area contributed by atoms with E-state index in [1.807, 2.05) is 48.5 Å². The number of aryl methyl sites for hydroxylation is 1. The maximum atomic E-state index is 12.3. The maximum Gasteiger partial charge on any atom is 0.224 e. The molecule has 2 amide bonds. The number of pyridine rings is 1. The fourth-order valence-corrected chi connectivity index (χ4v) is 3.29. The van der Waals surface area contributed by atoms with Gasteiger partial charge < -0.3 is 15.4 Å². The van der Waals surface area contributed by atoms with Gasteiger partial charge in [-0.05, 0) is 48.7 Å². The Balaban J connectivity index is 1.27. The Morgan fingerprint density at radius 2 is 2.04 bits per heavy atom. The second kappa shape index (κ2) is 8.08. The second-order valence-corrected chi connectivity index (χ2v) is 6.75. The molecule has 142 valence electrons. The molecule has 4 rings (SSSR count). The van der Waals surface area contributed by atoms with E-state index < -0.39 is 0 Å². The molecule has 2 aromatic carbocycles. The highest BCUT2D eigenvalue weighted by Crippen LogP contribution is 2.27. The predicted molar refractivity (Wildman–Crippen MR) is 108 cm³/mol. The number of ether oxygens (including phenoxy) is 1. The monoisotopic (exact) mass is 375 g/mol. The minimum absolute atomic E-state index is 0.0496. The van der Waals surface area contributed by atoms with Gasteiger partial charge in [0.25, 0.3) is 0 Å². The number of fused-ring (bicyclic) bond motifs is 2. The normalized spacial score (nSPS) is 12.9. The summed E-state index contributed by atoms with van der Waals surface area (Å²) < 4.78 is 5.76. The average molecular weight is 375 g/mol. The molecular weight excluding hydrogens is 354 g/mol. The van der Waals surface area contributed by atoms with Crippen LogP contribution in [0, 0.1) is 0 Å². The van der Waals surface area contributed by atoms with Crippen LogP contribution in [-0.2, 0) is 16.0 Å². The molecule has 2 N–H and O–H groups in total. The summed E-state index contributed by atoms with van der Waals surface area (Å²) in [6, 6.07) is 15.2. The number of carbonyl (C=O) groups excluding carboxylic acids is 2.